The Morgan fingerprint density at radius 1 is 1.47 bits per heavy atom. The number of carbonyl (C=O) groups excluding carboxylic acids is 1. The Kier molecular flexibility index (Phi) is 8.25. The minimum absolute atomic E-state index is 0. The molecule has 0 saturated heterocycles. The molecule has 1 aromatic heterocycles. The molecule has 110 valence electrons. The number of ether oxygens (including phenoxy) is 1. The molecule has 1 amide bonds. The van der Waals surface area contributed by atoms with E-state index in [9.17, 15) is 4.79 Å². The number of amides is 1. The molecule has 0 aliphatic heterocycles. The van der Waals surface area contributed by atoms with E-state index in [-0.39, 0.29) is 31.0 Å². The SMILES string of the molecule is COCC(N)C(=O)N(Cc1ccc(C)s1)C(C)C.Cl. The van der Waals surface area contributed by atoms with Gasteiger partial charge in [0.15, 0.2) is 0 Å². The van der Waals surface area contributed by atoms with Crippen molar-refractivity contribution in [1.82, 2.24) is 4.90 Å². The zero-order valence-corrected chi connectivity index (χ0v) is 13.5. The monoisotopic (exact) mass is 306 g/mol. The summed E-state index contributed by atoms with van der Waals surface area (Å²) in [6, 6.07) is 3.67. The zero-order chi connectivity index (χ0) is 13.7. The Bertz CT molecular complexity index is 396. The first-order valence-electron chi connectivity index (χ1n) is 6.06. The normalized spacial score (nSPS) is 12.1. The van der Waals surface area contributed by atoms with Crippen molar-refractivity contribution in [2.45, 2.75) is 39.4 Å². The van der Waals surface area contributed by atoms with Crippen molar-refractivity contribution in [3.63, 3.8) is 0 Å². The maximum atomic E-state index is 12.2. The summed E-state index contributed by atoms with van der Waals surface area (Å²) in [6.45, 7) is 6.93. The molecule has 0 bridgehead atoms. The molecule has 0 fully saturated rings. The van der Waals surface area contributed by atoms with Crippen LogP contribution in [0.25, 0.3) is 0 Å². The zero-order valence-electron chi connectivity index (χ0n) is 11.9. The number of methoxy groups -OCH3 is 1. The fraction of sp³-hybridized carbons (Fsp3) is 0.615. The van der Waals surface area contributed by atoms with Crippen molar-refractivity contribution >= 4 is 29.7 Å². The summed E-state index contributed by atoms with van der Waals surface area (Å²) in [4.78, 5) is 16.4. The van der Waals surface area contributed by atoms with Gasteiger partial charge in [-0.2, -0.15) is 0 Å². The minimum atomic E-state index is -0.585. The van der Waals surface area contributed by atoms with Gasteiger partial charge in [0, 0.05) is 22.9 Å². The van der Waals surface area contributed by atoms with E-state index in [0.29, 0.717) is 6.54 Å². The van der Waals surface area contributed by atoms with Crippen LogP contribution in [-0.4, -0.2) is 36.6 Å². The van der Waals surface area contributed by atoms with Gasteiger partial charge in [0.1, 0.15) is 6.04 Å². The number of aryl methyl sites for hydroxylation is 1. The highest BCUT2D eigenvalue weighted by molar-refractivity contribution is 7.11. The van der Waals surface area contributed by atoms with Gasteiger partial charge in [-0.1, -0.05) is 0 Å². The smallest absolute Gasteiger partial charge is 0.242 e. The van der Waals surface area contributed by atoms with E-state index in [1.54, 1.807) is 23.3 Å². The van der Waals surface area contributed by atoms with Gasteiger partial charge in [0.25, 0.3) is 0 Å². The van der Waals surface area contributed by atoms with E-state index in [0.717, 1.165) is 0 Å². The molecule has 1 aromatic rings. The molecule has 19 heavy (non-hydrogen) atoms. The summed E-state index contributed by atoms with van der Waals surface area (Å²) in [5.41, 5.74) is 5.81. The molecule has 6 heteroatoms. The number of hydrogen-bond donors (Lipinski definition) is 1. The molecule has 1 unspecified atom stereocenters. The van der Waals surface area contributed by atoms with Crippen LogP contribution in [0.1, 0.15) is 23.6 Å². The maximum Gasteiger partial charge on any atom is 0.242 e. The maximum absolute atomic E-state index is 12.2. The third kappa shape index (κ3) is 5.48. The molecular formula is C13H23ClN2O2S. The lowest BCUT2D eigenvalue weighted by Gasteiger charge is -2.28. The number of hydrogen-bond acceptors (Lipinski definition) is 4. The number of nitrogens with two attached hydrogens (primary N) is 1. The highest BCUT2D eigenvalue weighted by atomic mass is 35.5. The summed E-state index contributed by atoms with van der Waals surface area (Å²) < 4.78 is 4.94. The topological polar surface area (TPSA) is 55.6 Å². The van der Waals surface area contributed by atoms with Crippen LogP contribution in [0.5, 0.6) is 0 Å². The van der Waals surface area contributed by atoms with Crippen LogP contribution in [0, 0.1) is 6.92 Å². The summed E-state index contributed by atoms with van der Waals surface area (Å²) in [5, 5.41) is 0. The fourth-order valence-electron chi connectivity index (χ4n) is 1.72. The van der Waals surface area contributed by atoms with E-state index in [1.165, 1.54) is 9.75 Å². The first-order chi connectivity index (χ1) is 8.45. The first kappa shape index (κ1) is 18.4. The van der Waals surface area contributed by atoms with Gasteiger partial charge in [0.05, 0.1) is 13.2 Å². The Hall–Kier alpha value is -0.620. The number of rotatable bonds is 6. The van der Waals surface area contributed by atoms with Crippen molar-refractivity contribution < 1.29 is 9.53 Å². The third-order valence-electron chi connectivity index (χ3n) is 2.69. The van der Waals surface area contributed by atoms with Crippen molar-refractivity contribution in [2.75, 3.05) is 13.7 Å². The van der Waals surface area contributed by atoms with E-state index >= 15 is 0 Å². The van der Waals surface area contributed by atoms with Crippen LogP contribution in [0.2, 0.25) is 0 Å². The molecular weight excluding hydrogens is 284 g/mol. The van der Waals surface area contributed by atoms with Crippen LogP contribution in [-0.2, 0) is 16.1 Å². The Morgan fingerprint density at radius 3 is 2.53 bits per heavy atom. The van der Waals surface area contributed by atoms with Crippen molar-refractivity contribution in [3.8, 4) is 0 Å². The summed E-state index contributed by atoms with van der Waals surface area (Å²) in [6.07, 6.45) is 0. The predicted molar refractivity (Wildman–Crippen MR) is 81.8 cm³/mol. The number of thiophene rings is 1. The number of halogens is 1. The predicted octanol–water partition coefficient (Wildman–Crippen LogP) is 2.19. The van der Waals surface area contributed by atoms with E-state index < -0.39 is 6.04 Å². The molecule has 0 aliphatic carbocycles. The molecule has 1 rings (SSSR count). The van der Waals surface area contributed by atoms with Crippen LogP contribution in [0.15, 0.2) is 12.1 Å². The highest BCUT2D eigenvalue weighted by Gasteiger charge is 2.23. The third-order valence-corrected chi connectivity index (χ3v) is 3.68. The average molecular weight is 307 g/mol. The number of carbonyl (C=O) groups is 1. The molecule has 1 atom stereocenters. The fourth-order valence-corrected chi connectivity index (χ4v) is 2.61. The summed E-state index contributed by atoms with van der Waals surface area (Å²) in [5.74, 6) is -0.0575. The van der Waals surface area contributed by atoms with Crippen LogP contribution in [0.3, 0.4) is 0 Å². The van der Waals surface area contributed by atoms with E-state index in [4.69, 9.17) is 10.5 Å². The van der Waals surface area contributed by atoms with E-state index in [2.05, 4.69) is 19.1 Å². The molecule has 2 N–H and O–H groups in total. The summed E-state index contributed by atoms with van der Waals surface area (Å²) in [7, 11) is 1.55. The minimum Gasteiger partial charge on any atom is -0.383 e. The second kappa shape index (κ2) is 8.53. The molecule has 0 aliphatic rings. The van der Waals surface area contributed by atoms with Crippen molar-refractivity contribution in [3.05, 3.63) is 21.9 Å². The van der Waals surface area contributed by atoms with Gasteiger partial charge in [0.2, 0.25) is 5.91 Å². The molecule has 1 heterocycles. The standard InChI is InChI=1S/C13H22N2O2S.ClH/c1-9(2)15(13(16)12(14)8-17-4)7-11-6-5-10(3)18-11;/h5-6,9,12H,7-8,14H2,1-4H3;1H. The van der Waals surface area contributed by atoms with Crippen molar-refractivity contribution in [2.24, 2.45) is 5.73 Å². The largest absolute Gasteiger partial charge is 0.383 e. The summed E-state index contributed by atoms with van der Waals surface area (Å²) >= 11 is 1.71. The quantitative estimate of drug-likeness (QED) is 0.876. The molecule has 0 spiro atoms. The van der Waals surface area contributed by atoms with Gasteiger partial charge in [-0.3, -0.25) is 4.79 Å². The Balaban J connectivity index is 0.00000324. The van der Waals surface area contributed by atoms with Crippen LogP contribution in [0.4, 0.5) is 0 Å². The lowest BCUT2D eigenvalue weighted by Crippen LogP contribution is -2.48. The first-order valence-corrected chi connectivity index (χ1v) is 6.87. The second-order valence-electron chi connectivity index (χ2n) is 4.63. The molecule has 0 saturated carbocycles. The average Bonchev–Trinajstić information content (AvgIpc) is 2.71. The Morgan fingerprint density at radius 2 is 2.11 bits per heavy atom. The molecule has 0 aromatic carbocycles. The number of nitrogens with zero attached hydrogens (tertiary/aromatic N) is 1. The van der Waals surface area contributed by atoms with Gasteiger partial charge in [-0.25, -0.2) is 0 Å². The lowest BCUT2D eigenvalue weighted by molar-refractivity contribution is -0.136. The molecule has 4 nitrogen and oxygen atoms in total. The van der Waals surface area contributed by atoms with Crippen LogP contribution < -0.4 is 5.73 Å². The highest BCUT2D eigenvalue weighted by Crippen LogP contribution is 2.18. The van der Waals surface area contributed by atoms with Crippen molar-refractivity contribution in [1.29, 1.82) is 0 Å². The second-order valence-corrected chi connectivity index (χ2v) is 6.01. The van der Waals surface area contributed by atoms with Crippen LogP contribution >= 0.6 is 23.7 Å². The van der Waals surface area contributed by atoms with Gasteiger partial charge in [-0.15, -0.1) is 23.7 Å². The molecule has 0 radical (unpaired) electrons. The van der Waals surface area contributed by atoms with Gasteiger partial charge >= 0.3 is 0 Å². The van der Waals surface area contributed by atoms with Gasteiger partial charge < -0.3 is 15.4 Å². The lowest BCUT2D eigenvalue weighted by atomic mass is 10.2. The Labute approximate surface area is 125 Å². The van der Waals surface area contributed by atoms with E-state index in [1.807, 2.05) is 13.8 Å². The van der Waals surface area contributed by atoms with Gasteiger partial charge in [-0.05, 0) is 32.9 Å².